The van der Waals surface area contributed by atoms with Crippen LogP contribution in [0, 0.1) is 6.92 Å². The Morgan fingerprint density at radius 2 is 1.90 bits per heavy atom. The number of nitrogens with one attached hydrogen (secondary N) is 1. The first kappa shape index (κ1) is 16.0. The van der Waals surface area contributed by atoms with Crippen LogP contribution in [0.15, 0.2) is 48.5 Å². The molecule has 2 aromatic rings. The number of hydrogen-bond donors (Lipinski definition) is 2. The zero-order valence-corrected chi connectivity index (χ0v) is 13.3. The van der Waals surface area contributed by atoms with Gasteiger partial charge in [-0.15, -0.1) is 0 Å². The van der Waals surface area contributed by atoms with Crippen LogP contribution in [0.2, 0.25) is 5.02 Å². The quantitative estimate of drug-likeness (QED) is 0.848. The zero-order valence-electron chi connectivity index (χ0n) is 12.5. The second kappa shape index (κ2) is 7.60. The first-order valence-electron chi connectivity index (χ1n) is 7.27. The van der Waals surface area contributed by atoms with Crippen LogP contribution in [0.5, 0.6) is 0 Å². The van der Waals surface area contributed by atoms with E-state index in [1.807, 2.05) is 55.5 Å². The summed E-state index contributed by atoms with van der Waals surface area (Å²) >= 11 is 6.17. The van der Waals surface area contributed by atoms with Crippen LogP contribution in [-0.2, 0) is 6.42 Å². The molecule has 2 rings (SSSR count). The zero-order chi connectivity index (χ0) is 15.2. The second-order valence-corrected chi connectivity index (χ2v) is 5.94. The molecular weight excluding hydrogens is 282 g/mol. The molecule has 21 heavy (non-hydrogen) atoms. The van der Waals surface area contributed by atoms with E-state index in [2.05, 4.69) is 12.2 Å². The fourth-order valence-electron chi connectivity index (χ4n) is 2.37. The minimum Gasteiger partial charge on any atom is -0.387 e. The Morgan fingerprint density at radius 1 is 1.14 bits per heavy atom. The standard InChI is InChI=1S/C18H22ClNO/c1-13-6-5-8-16(10-13)18(21)12-20-14(2)11-15-7-3-4-9-17(15)19/h3-10,14,18,20-21H,11-12H2,1-2H3. The first-order valence-corrected chi connectivity index (χ1v) is 7.65. The van der Waals surface area contributed by atoms with Crippen molar-refractivity contribution in [3.63, 3.8) is 0 Å². The van der Waals surface area contributed by atoms with E-state index in [0.29, 0.717) is 6.54 Å². The molecule has 0 aliphatic heterocycles. The number of aliphatic hydroxyl groups is 1. The number of aliphatic hydroxyl groups excluding tert-OH is 1. The van der Waals surface area contributed by atoms with Gasteiger partial charge in [0, 0.05) is 17.6 Å². The van der Waals surface area contributed by atoms with Crippen molar-refractivity contribution >= 4 is 11.6 Å². The summed E-state index contributed by atoms with van der Waals surface area (Å²) in [5.41, 5.74) is 3.24. The summed E-state index contributed by atoms with van der Waals surface area (Å²) in [4.78, 5) is 0. The molecule has 2 nitrogen and oxygen atoms in total. The molecule has 0 fully saturated rings. The molecule has 112 valence electrons. The Hall–Kier alpha value is -1.35. The summed E-state index contributed by atoms with van der Waals surface area (Å²) in [5, 5.41) is 14.4. The summed E-state index contributed by atoms with van der Waals surface area (Å²) in [5.74, 6) is 0. The van der Waals surface area contributed by atoms with Gasteiger partial charge >= 0.3 is 0 Å². The Kier molecular flexibility index (Phi) is 5.80. The fourth-order valence-corrected chi connectivity index (χ4v) is 2.59. The molecule has 2 aromatic carbocycles. The van der Waals surface area contributed by atoms with Crippen LogP contribution in [0.3, 0.4) is 0 Å². The summed E-state index contributed by atoms with van der Waals surface area (Å²) in [6.07, 6.45) is 0.360. The van der Waals surface area contributed by atoms with Gasteiger partial charge in [0.25, 0.3) is 0 Å². The van der Waals surface area contributed by atoms with Gasteiger partial charge in [-0.2, -0.15) is 0 Å². The topological polar surface area (TPSA) is 32.3 Å². The molecule has 0 aromatic heterocycles. The largest absolute Gasteiger partial charge is 0.387 e. The van der Waals surface area contributed by atoms with E-state index in [1.165, 1.54) is 0 Å². The van der Waals surface area contributed by atoms with Crippen molar-refractivity contribution in [1.29, 1.82) is 0 Å². The summed E-state index contributed by atoms with van der Waals surface area (Å²) in [6, 6.07) is 16.1. The Bertz CT molecular complexity index is 585. The predicted octanol–water partition coefficient (Wildman–Crippen LogP) is 3.90. The molecule has 0 saturated carbocycles. The highest BCUT2D eigenvalue weighted by molar-refractivity contribution is 6.31. The summed E-state index contributed by atoms with van der Waals surface area (Å²) in [6.45, 7) is 4.67. The predicted molar refractivity (Wildman–Crippen MR) is 88.8 cm³/mol. The Morgan fingerprint density at radius 3 is 2.62 bits per heavy atom. The SMILES string of the molecule is Cc1cccc(C(O)CNC(C)Cc2ccccc2Cl)c1. The smallest absolute Gasteiger partial charge is 0.0914 e. The van der Waals surface area contributed by atoms with E-state index in [-0.39, 0.29) is 6.04 Å². The fraction of sp³-hybridized carbons (Fsp3) is 0.333. The third-order valence-electron chi connectivity index (χ3n) is 3.57. The second-order valence-electron chi connectivity index (χ2n) is 5.53. The maximum atomic E-state index is 10.2. The molecule has 2 N–H and O–H groups in total. The molecule has 0 bridgehead atoms. The van der Waals surface area contributed by atoms with Gasteiger partial charge in [-0.1, -0.05) is 59.6 Å². The third kappa shape index (κ3) is 4.85. The highest BCUT2D eigenvalue weighted by atomic mass is 35.5. The maximum absolute atomic E-state index is 10.2. The van der Waals surface area contributed by atoms with Crippen LogP contribution in [0.25, 0.3) is 0 Å². The number of aryl methyl sites for hydroxylation is 1. The van der Waals surface area contributed by atoms with Crippen LogP contribution < -0.4 is 5.32 Å². The molecule has 2 atom stereocenters. The molecule has 0 aliphatic rings. The van der Waals surface area contributed by atoms with Gasteiger partial charge in [0.15, 0.2) is 0 Å². The van der Waals surface area contributed by atoms with Crippen molar-refractivity contribution in [2.75, 3.05) is 6.54 Å². The lowest BCUT2D eigenvalue weighted by Gasteiger charge is -2.18. The minimum atomic E-state index is -0.487. The molecule has 0 spiro atoms. The van der Waals surface area contributed by atoms with Crippen LogP contribution in [-0.4, -0.2) is 17.7 Å². The van der Waals surface area contributed by atoms with Crippen molar-refractivity contribution in [2.45, 2.75) is 32.4 Å². The molecular formula is C18H22ClNO. The third-order valence-corrected chi connectivity index (χ3v) is 3.94. The maximum Gasteiger partial charge on any atom is 0.0914 e. The summed E-state index contributed by atoms with van der Waals surface area (Å²) in [7, 11) is 0. The van der Waals surface area contributed by atoms with Crippen molar-refractivity contribution in [3.8, 4) is 0 Å². The molecule has 0 heterocycles. The molecule has 0 aliphatic carbocycles. The van der Waals surface area contributed by atoms with E-state index in [0.717, 1.165) is 28.1 Å². The number of rotatable bonds is 6. The minimum absolute atomic E-state index is 0.254. The lowest BCUT2D eigenvalue weighted by atomic mass is 10.0. The van der Waals surface area contributed by atoms with Gasteiger partial charge in [-0.05, 0) is 37.5 Å². The van der Waals surface area contributed by atoms with E-state index in [9.17, 15) is 5.11 Å². The molecule has 0 saturated heterocycles. The van der Waals surface area contributed by atoms with Crippen LogP contribution in [0.1, 0.15) is 29.7 Å². The van der Waals surface area contributed by atoms with Gasteiger partial charge in [0.2, 0.25) is 0 Å². The Labute approximate surface area is 131 Å². The first-order chi connectivity index (χ1) is 10.1. The van der Waals surface area contributed by atoms with Crippen molar-refractivity contribution in [3.05, 3.63) is 70.2 Å². The number of benzene rings is 2. The monoisotopic (exact) mass is 303 g/mol. The van der Waals surface area contributed by atoms with Gasteiger partial charge < -0.3 is 10.4 Å². The Balaban J connectivity index is 1.86. The van der Waals surface area contributed by atoms with E-state index in [4.69, 9.17) is 11.6 Å². The van der Waals surface area contributed by atoms with Gasteiger partial charge in [0.1, 0.15) is 0 Å². The highest BCUT2D eigenvalue weighted by Crippen LogP contribution is 2.17. The lowest BCUT2D eigenvalue weighted by molar-refractivity contribution is 0.170. The average molecular weight is 304 g/mol. The number of halogens is 1. The van der Waals surface area contributed by atoms with Gasteiger partial charge in [-0.25, -0.2) is 0 Å². The summed E-state index contributed by atoms with van der Waals surface area (Å²) < 4.78 is 0. The van der Waals surface area contributed by atoms with E-state index >= 15 is 0 Å². The van der Waals surface area contributed by atoms with E-state index in [1.54, 1.807) is 0 Å². The normalized spacial score (nSPS) is 13.9. The molecule has 0 amide bonds. The lowest BCUT2D eigenvalue weighted by Crippen LogP contribution is -2.32. The highest BCUT2D eigenvalue weighted by Gasteiger charge is 2.11. The molecule has 0 radical (unpaired) electrons. The van der Waals surface area contributed by atoms with Crippen molar-refractivity contribution < 1.29 is 5.11 Å². The molecule has 2 unspecified atom stereocenters. The van der Waals surface area contributed by atoms with Gasteiger partial charge in [-0.3, -0.25) is 0 Å². The number of hydrogen-bond acceptors (Lipinski definition) is 2. The molecule has 3 heteroatoms. The van der Waals surface area contributed by atoms with Gasteiger partial charge in [0.05, 0.1) is 6.10 Å². The average Bonchev–Trinajstić information content (AvgIpc) is 2.47. The van der Waals surface area contributed by atoms with E-state index < -0.39 is 6.10 Å². The van der Waals surface area contributed by atoms with Crippen LogP contribution >= 0.6 is 11.6 Å². The van der Waals surface area contributed by atoms with Crippen molar-refractivity contribution in [1.82, 2.24) is 5.32 Å². The van der Waals surface area contributed by atoms with Crippen molar-refractivity contribution in [2.24, 2.45) is 0 Å². The van der Waals surface area contributed by atoms with Crippen LogP contribution in [0.4, 0.5) is 0 Å².